The summed E-state index contributed by atoms with van der Waals surface area (Å²) in [4.78, 5) is 15.6. The quantitative estimate of drug-likeness (QED) is 0.0291. The van der Waals surface area contributed by atoms with Gasteiger partial charge in [0, 0.05) is 103 Å². The Morgan fingerprint density at radius 3 is 0.980 bits per heavy atom. The van der Waals surface area contributed by atoms with Gasteiger partial charge in [0.05, 0.1) is 55.3 Å². The first-order valence-corrected chi connectivity index (χ1v) is 17.9. The van der Waals surface area contributed by atoms with Crippen LogP contribution in [0.25, 0.3) is 0 Å². The van der Waals surface area contributed by atoms with Crippen molar-refractivity contribution >= 4 is 5.97 Å². The van der Waals surface area contributed by atoms with Crippen molar-refractivity contribution in [2.45, 2.75) is 94.4 Å². The lowest BCUT2D eigenvalue weighted by atomic mass is 9.36. The van der Waals surface area contributed by atoms with Gasteiger partial charge in [0.15, 0.2) is 0 Å². The molecule has 0 spiro atoms. The molecule has 17 heteroatoms. The number of carbonyl (C=O) groups is 1. The number of aliphatic hydroxyl groups is 13. The molecular weight excluding hydrogens is 680 g/mol. The third-order valence-corrected chi connectivity index (χ3v) is 10.9. The average Bonchev–Trinajstić information content (AvgIpc) is 3.09. The first-order chi connectivity index (χ1) is 24.4. The van der Waals surface area contributed by atoms with Gasteiger partial charge in [-0.3, -0.25) is 4.79 Å². The standard InChI is InChI=1S/C34H68O17/c1-2-49-28(47)34(27-29(48,3-13-35)4-14-36,30(5-15-37,6-16-38)32(9-19-41,10-20-42)50-25-23-45)31(7-17-39,8-18-40)33(11-21-43,12-22-44)51-26-24-46/h35-46,48H,2-27H2,1H3. The SMILES string of the molecule is CCOC(=O)C(CC(O)(CCO)CCO)(C(CCO)(CCO)C(CCO)(CCO)OCCO)C(CCO)(CCO)C(CCO)(CCO)OCCO. The molecule has 51 heavy (non-hydrogen) atoms. The van der Waals surface area contributed by atoms with Crippen LogP contribution < -0.4 is 0 Å². The summed E-state index contributed by atoms with van der Waals surface area (Å²) in [5.74, 6) is -1.15. The maximum Gasteiger partial charge on any atom is 0.313 e. The lowest BCUT2D eigenvalue weighted by Crippen LogP contribution is -2.75. The predicted molar refractivity (Wildman–Crippen MR) is 182 cm³/mol. The summed E-state index contributed by atoms with van der Waals surface area (Å²) in [5, 5.41) is 139. The van der Waals surface area contributed by atoms with E-state index in [0.717, 1.165) is 0 Å². The Bertz CT molecular complexity index is 826. The molecule has 13 N–H and O–H groups in total. The summed E-state index contributed by atoms with van der Waals surface area (Å²) in [6.45, 7) is -8.05. The van der Waals surface area contributed by atoms with Crippen molar-refractivity contribution in [3.05, 3.63) is 0 Å². The normalized spacial score (nSPS) is 13.6. The van der Waals surface area contributed by atoms with Crippen LogP contribution in [0.3, 0.4) is 0 Å². The van der Waals surface area contributed by atoms with Crippen LogP contribution in [-0.4, -0.2) is 188 Å². The molecule has 0 aromatic rings. The van der Waals surface area contributed by atoms with Gasteiger partial charge in [0.1, 0.15) is 0 Å². The zero-order valence-corrected chi connectivity index (χ0v) is 30.3. The molecule has 306 valence electrons. The number of aliphatic hydroxyl groups excluding tert-OH is 12. The largest absolute Gasteiger partial charge is 0.466 e. The molecule has 0 bridgehead atoms. The van der Waals surface area contributed by atoms with Crippen LogP contribution >= 0.6 is 0 Å². The van der Waals surface area contributed by atoms with Gasteiger partial charge in [-0.25, -0.2) is 0 Å². The maximum absolute atomic E-state index is 15.6. The van der Waals surface area contributed by atoms with Crippen LogP contribution in [0, 0.1) is 16.2 Å². The fourth-order valence-electron chi connectivity index (χ4n) is 9.26. The first-order valence-electron chi connectivity index (χ1n) is 17.9. The molecule has 0 aromatic carbocycles. The van der Waals surface area contributed by atoms with E-state index in [-0.39, 0.29) is 6.61 Å². The molecule has 0 rings (SSSR count). The highest BCUT2D eigenvalue weighted by molar-refractivity contribution is 5.80. The number of esters is 1. The predicted octanol–water partition coefficient (Wildman–Crippen LogP) is -3.05. The lowest BCUT2D eigenvalue weighted by Gasteiger charge is -2.69. The zero-order valence-electron chi connectivity index (χ0n) is 30.3. The van der Waals surface area contributed by atoms with Gasteiger partial charge >= 0.3 is 5.97 Å². The topological polar surface area (TPSA) is 308 Å². The highest BCUT2D eigenvalue weighted by Gasteiger charge is 2.78. The lowest BCUT2D eigenvalue weighted by molar-refractivity contribution is -0.308. The number of hydrogen-bond donors (Lipinski definition) is 13. The highest BCUT2D eigenvalue weighted by atomic mass is 16.5. The summed E-state index contributed by atoms with van der Waals surface area (Å²) in [7, 11) is 0. The second-order valence-electron chi connectivity index (χ2n) is 13.1. The van der Waals surface area contributed by atoms with E-state index < -0.39 is 202 Å². The van der Waals surface area contributed by atoms with E-state index in [1.807, 2.05) is 0 Å². The van der Waals surface area contributed by atoms with E-state index in [2.05, 4.69) is 0 Å². The average molecular weight is 749 g/mol. The second kappa shape index (κ2) is 25.0. The van der Waals surface area contributed by atoms with Crippen molar-refractivity contribution in [2.75, 3.05) is 99.1 Å². The van der Waals surface area contributed by atoms with Gasteiger partial charge in [-0.1, -0.05) is 0 Å². The molecule has 0 radical (unpaired) electrons. The van der Waals surface area contributed by atoms with E-state index in [1.165, 1.54) is 6.92 Å². The van der Waals surface area contributed by atoms with Crippen LogP contribution in [0.1, 0.15) is 77.6 Å². The van der Waals surface area contributed by atoms with Crippen LogP contribution in [-0.2, 0) is 19.0 Å². The van der Waals surface area contributed by atoms with Crippen LogP contribution in [0.2, 0.25) is 0 Å². The fraction of sp³-hybridized carbons (Fsp3) is 0.971. The summed E-state index contributed by atoms with van der Waals surface area (Å²) >= 11 is 0. The Hall–Kier alpha value is -1.13. The Labute approximate surface area is 301 Å². The number of rotatable bonds is 34. The second-order valence-corrected chi connectivity index (χ2v) is 13.1. The van der Waals surface area contributed by atoms with Crippen molar-refractivity contribution < 1.29 is 85.4 Å². The van der Waals surface area contributed by atoms with E-state index in [1.54, 1.807) is 0 Å². The van der Waals surface area contributed by atoms with Crippen LogP contribution in [0.4, 0.5) is 0 Å². The van der Waals surface area contributed by atoms with E-state index in [0.29, 0.717) is 0 Å². The molecule has 0 aromatic heterocycles. The molecule has 0 atom stereocenters. The van der Waals surface area contributed by atoms with Crippen LogP contribution in [0.15, 0.2) is 0 Å². The zero-order chi connectivity index (χ0) is 39.1. The minimum Gasteiger partial charge on any atom is -0.466 e. The van der Waals surface area contributed by atoms with Gasteiger partial charge in [-0.2, -0.15) is 0 Å². The number of carbonyl (C=O) groups excluding carboxylic acids is 1. The number of hydrogen-bond acceptors (Lipinski definition) is 17. The fourth-order valence-corrected chi connectivity index (χ4v) is 9.26. The van der Waals surface area contributed by atoms with Crippen molar-refractivity contribution in [3.63, 3.8) is 0 Å². The van der Waals surface area contributed by atoms with Crippen molar-refractivity contribution in [2.24, 2.45) is 16.2 Å². The summed E-state index contributed by atoms with van der Waals surface area (Å²) in [6, 6.07) is 0. The van der Waals surface area contributed by atoms with Gasteiger partial charge in [-0.05, 0) is 51.9 Å². The van der Waals surface area contributed by atoms with Gasteiger partial charge in [0.25, 0.3) is 0 Å². The Morgan fingerprint density at radius 2 is 0.745 bits per heavy atom. The molecule has 0 aliphatic heterocycles. The minimum absolute atomic E-state index is 0.309. The van der Waals surface area contributed by atoms with Crippen molar-refractivity contribution in [3.8, 4) is 0 Å². The third-order valence-electron chi connectivity index (χ3n) is 10.9. The molecule has 0 unspecified atom stereocenters. The molecule has 0 saturated carbocycles. The molecule has 0 aliphatic rings. The molecule has 0 heterocycles. The van der Waals surface area contributed by atoms with Gasteiger partial charge < -0.3 is 80.6 Å². The Kier molecular flexibility index (Phi) is 24.5. The smallest absolute Gasteiger partial charge is 0.313 e. The Balaban J connectivity index is 9.84. The Morgan fingerprint density at radius 1 is 0.451 bits per heavy atom. The molecule has 0 aliphatic carbocycles. The van der Waals surface area contributed by atoms with E-state index in [9.17, 15) is 66.4 Å². The monoisotopic (exact) mass is 748 g/mol. The van der Waals surface area contributed by atoms with Crippen molar-refractivity contribution in [1.82, 2.24) is 0 Å². The molecule has 0 fully saturated rings. The number of ether oxygens (including phenoxy) is 3. The molecule has 0 amide bonds. The summed E-state index contributed by atoms with van der Waals surface area (Å²) in [6.07, 6.45) is -5.45. The minimum atomic E-state index is -2.54. The first kappa shape index (κ1) is 49.9. The van der Waals surface area contributed by atoms with Crippen molar-refractivity contribution in [1.29, 1.82) is 0 Å². The van der Waals surface area contributed by atoms with E-state index in [4.69, 9.17) is 14.2 Å². The van der Waals surface area contributed by atoms with Gasteiger partial charge in [-0.15, -0.1) is 0 Å². The summed E-state index contributed by atoms with van der Waals surface area (Å²) in [5.41, 5.74) is -13.0. The van der Waals surface area contributed by atoms with E-state index >= 15 is 4.79 Å². The maximum atomic E-state index is 15.6. The molecule has 0 saturated heterocycles. The third kappa shape index (κ3) is 10.8. The van der Waals surface area contributed by atoms with Gasteiger partial charge in [0.2, 0.25) is 0 Å². The molecule has 17 nitrogen and oxygen atoms in total. The van der Waals surface area contributed by atoms with Crippen LogP contribution in [0.5, 0.6) is 0 Å². The summed E-state index contributed by atoms with van der Waals surface area (Å²) < 4.78 is 18.6. The highest BCUT2D eigenvalue weighted by Crippen LogP contribution is 2.72. The molecular formula is C34H68O17.